The fourth-order valence-corrected chi connectivity index (χ4v) is 4.52. The number of carbonyl (C=O) groups is 3. The van der Waals surface area contributed by atoms with Crippen LogP contribution in [0.15, 0.2) is 41.5 Å². The molecule has 11 nitrogen and oxygen atoms in total. The number of carbonyl (C=O) groups excluding carboxylic acids is 3. The number of alkyl halides is 1. The lowest BCUT2D eigenvalue weighted by molar-refractivity contribution is -0.137. The predicted octanol–water partition coefficient (Wildman–Crippen LogP) is 0.952. The molecule has 1 unspecified atom stereocenters. The third-order valence-corrected chi connectivity index (χ3v) is 6.49. The summed E-state index contributed by atoms with van der Waals surface area (Å²) in [5, 5.41) is 0.767. The van der Waals surface area contributed by atoms with Crippen molar-refractivity contribution in [2.45, 2.75) is 31.8 Å². The van der Waals surface area contributed by atoms with E-state index in [-0.39, 0.29) is 24.3 Å². The number of ether oxygens (including phenoxy) is 2. The number of rotatable bonds is 10. The van der Waals surface area contributed by atoms with Gasteiger partial charge in [-0.2, -0.15) is 0 Å². The Bertz CT molecular complexity index is 1210. The standard InChI is InChI=1S/C25H31FN6O5/c1-17(33)21-14-19(15-31(21)8-3-2-7-26)25(23(35)32(28)24(27)29-25)18-5-4-6-20(13-18)37-16-22(34)30-9-11-36-12-10-30/h4-6,13-15H,2-3,7-12,16,28H2,1H3,(H2,27,29). The van der Waals surface area contributed by atoms with Gasteiger partial charge in [0.15, 0.2) is 17.9 Å². The maximum absolute atomic E-state index is 13.5. The van der Waals surface area contributed by atoms with E-state index in [0.717, 1.165) is 5.01 Å². The lowest BCUT2D eigenvalue weighted by Crippen LogP contribution is -2.47. The molecule has 3 heterocycles. The summed E-state index contributed by atoms with van der Waals surface area (Å²) in [6, 6.07) is 8.21. The van der Waals surface area contributed by atoms with Crippen molar-refractivity contribution in [2.75, 3.05) is 39.6 Å². The van der Waals surface area contributed by atoms with Crippen LogP contribution in [0.5, 0.6) is 5.75 Å². The van der Waals surface area contributed by atoms with Crippen molar-refractivity contribution in [2.24, 2.45) is 16.6 Å². The maximum Gasteiger partial charge on any atom is 0.281 e. The molecule has 1 saturated heterocycles. The fourth-order valence-electron chi connectivity index (χ4n) is 4.52. The van der Waals surface area contributed by atoms with Crippen LogP contribution in [0, 0.1) is 0 Å². The number of morpholine rings is 1. The molecule has 1 aromatic heterocycles. The minimum atomic E-state index is -1.66. The number of guanidine groups is 1. The van der Waals surface area contributed by atoms with Gasteiger partial charge in [0.25, 0.3) is 11.8 Å². The number of aromatic nitrogens is 1. The van der Waals surface area contributed by atoms with Crippen LogP contribution in [0.4, 0.5) is 4.39 Å². The van der Waals surface area contributed by atoms with Gasteiger partial charge in [-0.25, -0.2) is 15.8 Å². The molecule has 2 amide bonds. The number of Topliss-reactive ketones (excluding diaryl/α,β-unsaturated/α-hetero) is 1. The van der Waals surface area contributed by atoms with Gasteiger partial charge in [-0.1, -0.05) is 12.1 Å². The lowest BCUT2D eigenvalue weighted by Gasteiger charge is -2.27. The molecular formula is C25H31FN6O5. The van der Waals surface area contributed by atoms with Crippen molar-refractivity contribution in [3.8, 4) is 5.75 Å². The molecule has 0 bridgehead atoms. The Balaban J connectivity index is 1.68. The van der Waals surface area contributed by atoms with Gasteiger partial charge >= 0.3 is 0 Å². The van der Waals surface area contributed by atoms with E-state index >= 15 is 0 Å². The molecular weight excluding hydrogens is 483 g/mol. The monoisotopic (exact) mass is 514 g/mol. The van der Waals surface area contributed by atoms with Gasteiger partial charge in [-0.3, -0.25) is 18.8 Å². The van der Waals surface area contributed by atoms with E-state index < -0.39 is 18.1 Å². The minimum absolute atomic E-state index is 0.174. The number of aliphatic imine (C=N–C) groups is 1. The highest BCUT2D eigenvalue weighted by atomic mass is 19.1. The Kier molecular flexibility index (Phi) is 7.89. The zero-order chi connectivity index (χ0) is 26.6. The van der Waals surface area contributed by atoms with Gasteiger partial charge in [-0.05, 0) is 36.6 Å². The van der Waals surface area contributed by atoms with Crippen LogP contribution in [0.1, 0.15) is 41.4 Å². The van der Waals surface area contributed by atoms with Crippen LogP contribution < -0.4 is 16.3 Å². The maximum atomic E-state index is 13.5. The molecule has 4 rings (SSSR count). The molecule has 0 spiro atoms. The smallest absolute Gasteiger partial charge is 0.281 e. The highest BCUT2D eigenvalue weighted by molar-refractivity contribution is 6.09. The van der Waals surface area contributed by atoms with Crippen molar-refractivity contribution in [1.82, 2.24) is 14.5 Å². The second-order valence-electron chi connectivity index (χ2n) is 8.92. The number of amides is 2. The van der Waals surface area contributed by atoms with Crippen molar-refractivity contribution in [1.29, 1.82) is 0 Å². The summed E-state index contributed by atoms with van der Waals surface area (Å²) in [6.07, 6.45) is 2.51. The largest absolute Gasteiger partial charge is 0.484 e. The first-order valence-corrected chi connectivity index (χ1v) is 12.1. The number of aryl methyl sites for hydroxylation is 1. The average molecular weight is 515 g/mol. The van der Waals surface area contributed by atoms with Gasteiger partial charge in [-0.15, -0.1) is 0 Å². The first-order valence-electron chi connectivity index (χ1n) is 12.1. The van der Waals surface area contributed by atoms with E-state index in [9.17, 15) is 18.8 Å². The van der Waals surface area contributed by atoms with E-state index in [1.54, 1.807) is 46.0 Å². The molecule has 2 aromatic rings. The van der Waals surface area contributed by atoms with Gasteiger partial charge < -0.3 is 24.7 Å². The second kappa shape index (κ2) is 11.1. The molecule has 1 aromatic carbocycles. The summed E-state index contributed by atoms with van der Waals surface area (Å²) in [5.41, 5.74) is 5.45. The number of hydrogen-bond acceptors (Lipinski definition) is 8. The first-order chi connectivity index (χ1) is 17.8. The molecule has 1 atom stereocenters. The first kappa shape index (κ1) is 26.3. The van der Waals surface area contributed by atoms with E-state index in [0.29, 0.717) is 68.3 Å². The van der Waals surface area contributed by atoms with Gasteiger partial charge in [0.05, 0.1) is 25.6 Å². The molecule has 0 aliphatic carbocycles. The zero-order valence-electron chi connectivity index (χ0n) is 20.7. The van der Waals surface area contributed by atoms with Crippen molar-refractivity contribution in [3.05, 3.63) is 53.3 Å². The van der Waals surface area contributed by atoms with Crippen molar-refractivity contribution >= 4 is 23.6 Å². The average Bonchev–Trinajstić information content (AvgIpc) is 3.44. The summed E-state index contributed by atoms with van der Waals surface area (Å²) >= 11 is 0. The number of nitrogens with zero attached hydrogens (tertiary/aromatic N) is 4. The molecule has 2 aliphatic rings. The predicted molar refractivity (Wildman–Crippen MR) is 132 cm³/mol. The van der Waals surface area contributed by atoms with Gasteiger partial charge in [0, 0.05) is 38.3 Å². The molecule has 0 radical (unpaired) electrons. The highest BCUT2D eigenvalue weighted by Crippen LogP contribution is 2.41. The summed E-state index contributed by atoms with van der Waals surface area (Å²) in [7, 11) is 0. The summed E-state index contributed by atoms with van der Waals surface area (Å²) < 4.78 is 25.4. The SMILES string of the molecule is CC(=O)c1cc(C2(c3cccc(OCC(=O)N4CCOCC4)c3)N=C(N)N(N)C2=O)cn1CCCCF. The fraction of sp³-hybridized carbons (Fsp3) is 0.440. The number of benzene rings is 1. The number of hydrogen-bond donors (Lipinski definition) is 2. The van der Waals surface area contributed by atoms with Gasteiger partial charge in [0.1, 0.15) is 5.75 Å². The number of nitrogens with two attached hydrogens (primary N) is 2. The van der Waals surface area contributed by atoms with Crippen LogP contribution in [-0.4, -0.2) is 77.6 Å². The topological polar surface area (TPSA) is 145 Å². The molecule has 4 N–H and O–H groups in total. The molecule has 0 saturated carbocycles. The third kappa shape index (κ3) is 5.20. The third-order valence-electron chi connectivity index (χ3n) is 6.49. The van der Waals surface area contributed by atoms with Crippen molar-refractivity contribution < 1.29 is 28.2 Å². The van der Waals surface area contributed by atoms with E-state index in [1.807, 2.05) is 0 Å². The molecule has 198 valence electrons. The van der Waals surface area contributed by atoms with Crippen LogP contribution in [0.2, 0.25) is 0 Å². The van der Waals surface area contributed by atoms with Crippen LogP contribution >= 0.6 is 0 Å². The van der Waals surface area contributed by atoms with E-state index in [2.05, 4.69) is 4.99 Å². The quantitative estimate of drug-likeness (QED) is 0.208. The van der Waals surface area contributed by atoms with E-state index in [1.165, 1.54) is 6.92 Å². The number of hydrazine groups is 1. The number of ketones is 1. The van der Waals surface area contributed by atoms with Crippen LogP contribution in [0.3, 0.4) is 0 Å². The number of halogens is 1. The summed E-state index contributed by atoms with van der Waals surface area (Å²) in [6.45, 7) is 3.13. The Morgan fingerprint density at radius 3 is 2.59 bits per heavy atom. The molecule has 2 aliphatic heterocycles. The molecule has 1 fully saturated rings. The minimum Gasteiger partial charge on any atom is -0.484 e. The van der Waals surface area contributed by atoms with E-state index in [4.69, 9.17) is 21.1 Å². The van der Waals surface area contributed by atoms with Crippen LogP contribution in [-0.2, 0) is 26.4 Å². The Morgan fingerprint density at radius 1 is 1.19 bits per heavy atom. The zero-order valence-corrected chi connectivity index (χ0v) is 20.7. The summed E-state index contributed by atoms with van der Waals surface area (Å²) in [4.78, 5) is 44.5. The molecule has 37 heavy (non-hydrogen) atoms. The lowest BCUT2D eigenvalue weighted by atomic mass is 9.84. The Hall–Kier alpha value is -3.77. The van der Waals surface area contributed by atoms with Crippen LogP contribution in [0.25, 0.3) is 0 Å². The molecule has 12 heteroatoms. The Morgan fingerprint density at radius 2 is 1.95 bits per heavy atom. The van der Waals surface area contributed by atoms with Crippen molar-refractivity contribution in [3.63, 3.8) is 0 Å². The number of unbranched alkanes of at least 4 members (excludes halogenated alkanes) is 1. The second-order valence-corrected chi connectivity index (χ2v) is 8.92. The normalized spacial score (nSPS) is 19.8. The highest BCUT2D eigenvalue weighted by Gasteiger charge is 2.51. The summed E-state index contributed by atoms with van der Waals surface area (Å²) in [5.74, 6) is 5.08. The Labute approximate surface area is 213 Å². The van der Waals surface area contributed by atoms with Gasteiger partial charge in [0.2, 0.25) is 5.96 Å².